The number of aliphatic hydroxyl groups is 4. The third kappa shape index (κ3) is 3.49. The van der Waals surface area contributed by atoms with E-state index in [0.717, 1.165) is 0 Å². The van der Waals surface area contributed by atoms with Crippen LogP contribution in [0.2, 0.25) is 0 Å². The number of hydrogen-bond acceptors (Lipinski definition) is 7. The normalized spacial score (nSPS) is 52.8. The lowest BCUT2D eigenvalue weighted by Crippen LogP contribution is -2.57. The van der Waals surface area contributed by atoms with E-state index in [2.05, 4.69) is 0 Å². The van der Waals surface area contributed by atoms with Crippen LogP contribution < -0.4 is 0 Å². The summed E-state index contributed by atoms with van der Waals surface area (Å²) in [6, 6.07) is 0. The molecule has 3 rings (SSSR count). The van der Waals surface area contributed by atoms with Crippen LogP contribution >= 0.6 is 0 Å². The van der Waals surface area contributed by atoms with Crippen LogP contribution in [0.4, 0.5) is 0 Å². The van der Waals surface area contributed by atoms with Gasteiger partial charge in [0.1, 0.15) is 6.10 Å². The van der Waals surface area contributed by atoms with Crippen LogP contribution in [0, 0.1) is 11.8 Å². The Morgan fingerprint density at radius 1 is 0.792 bits per heavy atom. The van der Waals surface area contributed by atoms with Crippen LogP contribution in [0.15, 0.2) is 0 Å². The summed E-state index contributed by atoms with van der Waals surface area (Å²) in [5.74, 6) is -0.138. The van der Waals surface area contributed by atoms with Gasteiger partial charge in [-0.2, -0.15) is 0 Å². The molecule has 0 aromatic rings. The summed E-state index contributed by atoms with van der Waals surface area (Å²) in [5.41, 5.74) is 0. The van der Waals surface area contributed by atoms with Crippen molar-refractivity contribution in [2.45, 2.75) is 80.9 Å². The lowest BCUT2D eigenvalue weighted by atomic mass is 9.72. The minimum atomic E-state index is -0.692. The second-order valence-electron chi connectivity index (χ2n) is 7.57. The van der Waals surface area contributed by atoms with E-state index >= 15 is 0 Å². The van der Waals surface area contributed by atoms with E-state index in [1.165, 1.54) is 0 Å². The molecule has 0 spiro atoms. The minimum Gasteiger partial charge on any atom is -0.393 e. The molecule has 4 N–H and O–H groups in total. The number of hydrogen-bond donors (Lipinski definition) is 4. The van der Waals surface area contributed by atoms with Crippen LogP contribution in [0.25, 0.3) is 0 Å². The number of ether oxygens (including phenoxy) is 3. The molecule has 7 heteroatoms. The third-order valence-corrected chi connectivity index (χ3v) is 6.12. The number of rotatable bonds is 3. The molecule has 2 saturated carbocycles. The topological polar surface area (TPSA) is 109 Å². The SMILES string of the molecule is COC1CC(C2OC3CC(O)CC(O)C3CC2O)CC(OC)C1O. The fourth-order valence-corrected chi connectivity index (χ4v) is 4.79. The van der Waals surface area contributed by atoms with Crippen molar-refractivity contribution in [2.75, 3.05) is 14.2 Å². The zero-order valence-electron chi connectivity index (χ0n) is 14.3. The molecule has 24 heavy (non-hydrogen) atoms. The first kappa shape index (κ1) is 18.5. The van der Waals surface area contributed by atoms with Crippen LogP contribution in [0.3, 0.4) is 0 Å². The number of methoxy groups -OCH3 is 2. The molecule has 8 atom stereocenters. The molecule has 0 bridgehead atoms. The van der Waals surface area contributed by atoms with Crippen molar-refractivity contribution in [2.24, 2.45) is 11.8 Å². The smallest absolute Gasteiger partial charge is 0.106 e. The average Bonchev–Trinajstić information content (AvgIpc) is 2.55. The monoisotopic (exact) mass is 346 g/mol. The molecule has 1 heterocycles. The molecule has 7 nitrogen and oxygen atoms in total. The van der Waals surface area contributed by atoms with Crippen molar-refractivity contribution < 1.29 is 34.6 Å². The lowest BCUT2D eigenvalue weighted by Gasteiger charge is -2.49. The maximum Gasteiger partial charge on any atom is 0.106 e. The Hall–Kier alpha value is -0.280. The van der Waals surface area contributed by atoms with Crippen molar-refractivity contribution in [3.63, 3.8) is 0 Å². The van der Waals surface area contributed by atoms with E-state index in [0.29, 0.717) is 32.1 Å². The first-order valence-corrected chi connectivity index (χ1v) is 8.87. The van der Waals surface area contributed by atoms with Gasteiger partial charge in [-0.25, -0.2) is 0 Å². The summed E-state index contributed by atoms with van der Waals surface area (Å²) < 4.78 is 16.9. The molecule has 0 aromatic heterocycles. The van der Waals surface area contributed by atoms with Gasteiger partial charge in [0, 0.05) is 20.1 Å². The summed E-state index contributed by atoms with van der Waals surface area (Å²) in [6.07, 6.45) is -1.45. The molecule has 0 radical (unpaired) electrons. The zero-order chi connectivity index (χ0) is 17.4. The van der Waals surface area contributed by atoms with Gasteiger partial charge < -0.3 is 34.6 Å². The van der Waals surface area contributed by atoms with Crippen molar-refractivity contribution in [1.82, 2.24) is 0 Å². The Bertz CT molecular complexity index is 406. The summed E-state index contributed by atoms with van der Waals surface area (Å²) in [5, 5.41) is 40.9. The molecule has 140 valence electrons. The first-order valence-electron chi connectivity index (χ1n) is 8.87. The summed E-state index contributed by atoms with van der Waals surface area (Å²) >= 11 is 0. The van der Waals surface area contributed by atoms with Gasteiger partial charge in [0.15, 0.2) is 0 Å². The first-order chi connectivity index (χ1) is 11.4. The van der Waals surface area contributed by atoms with Crippen molar-refractivity contribution in [3.8, 4) is 0 Å². The van der Waals surface area contributed by atoms with E-state index in [1.54, 1.807) is 14.2 Å². The lowest BCUT2D eigenvalue weighted by molar-refractivity contribution is -0.224. The minimum absolute atomic E-state index is 0.00420. The highest BCUT2D eigenvalue weighted by molar-refractivity contribution is 4.98. The molecule has 8 unspecified atom stereocenters. The van der Waals surface area contributed by atoms with Crippen molar-refractivity contribution >= 4 is 0 Å². The van der Waals surface area contributed by atoms with E-state index in [1.807, 2.05) is 0 Å². The second kappa shape index (κ2) is 7.53. The van der Waals surface area contributed by atoms with Gasteiger partial charge in [-0.3, -0.25) is 0 Å². The Morgan fingerprint density at radius 2 is 1.42 bits per heavy atom. The predicted molar refractivity (Wildman–Crippen MR) is 84.3 cm³/mol. The van der Waals surface area contributed by atoms with Crippen LogP contribution in [-0.4, -0.2) is 83.5 Å². The number of fused-ring (bicyclic) bond motifs is 1. The molecular formula is C17H30O7. The predicted octanol–water partition coefficient (Wildman–Crippen LogP) is -0.562. The molecule has 0 amide bonds. The molecule has 3 aliphatic rings. The zero-order valence-corrected chi connectivity index (χ0v) is 14.3. The Labute approximate surface area is 142 Å². The molecule has 3 fully saturated rings. The van der Waals surface area contributed by atoms with Gasteiger partial charge in [0.05, 0.1) is 42.7 Å². The van der Waals surface area contributed by atoms with Crippen LogP contribution in [0.5, 0.6) is 0 Å². The Balaban J connectivity index is 1.71. The standard InChI is InChI=1S/C17H30O7/c1-22-14-3-8(4-15(23-2)16(14)21)17-12(20)7-10-11(19)5-9(18)6-13(10)24-17/h8-21H,3-7H2,1-2H3. The second-order valence-corrected chi connectivity index (χ2v) is 7.57. The molecular weight excluding hydrogens is 316 g/mol. The molecule has 1 aliphatic heterocycles. The fourth-order valence-electron chi connectivity index (χ4n) is 4.79. The highest BCUT2D eigenvalue weighted by Gasteiger charge is 2.49. The van der Waals surface area contributed by atoms with Crippen molar-refractivity contribution in [1.29, 1.82) is 0 Å². The van der Waals surface area contributed by atoms with Crippen LogP contribution in [0.1, 0.15) is 32.1 Å². The van der Waals surface area contributed by atoms with Crippen molar-refractivity contribution in [3.05, 3.63) is 0 Å². The quantitative estimate of drug-likeness (QED) is 0.542. The highest BCUT2D eigenvalue weighted by atomic mass is 16.5. The summed E-state index contributed by atoms with van der Waals surface area (Å²) in [6.45, 7) is 0. The van der Waals surface area contributed by atoms with E-state index in [4.69, 9.17) is 14.2 Å². The largest absolute Gasteiger partial charge is 0.393 e. The van der Waals surface area contributed by atoms with Gasteiger partial charge in [-0.1, -0.05) is 0 Å². The van der Waals surface area contributed by atoms with Crippen LogP contribution in [-0.2, 0) is 14.2 Å². The number of aliphatic hydroxyl groups excluding tert-OH is 4. The Morgan fingerprint density at radius 3 is 2.00 bits per heavy atom. The van der Waals surface area contributed by atoms with E-state index in [9.17, 15) is 20.4 Å². The average molecular weight is 346 g/mol. The fraction of sp³-hybridized carbons (Fsp3) is 1.00. The van der Waals surface area contributed by atoms with E-state index in [-0.39, 0.29) is 30.1 Å². The maximum atomic E-state index is 10.6. The van der Waals surface area contributed by atoms with Gasteiger partial charge in [0.25, 0.3) is 0 Å². The van der Waals surface area contributed by atoms with Gasteiger partial charge in [-0.05, 0) is 38.0 Å². The van der Waals surface area contributed by atoms with Gasteiger partial charge in [-0.15, -0.1) is 0 Å². The molecule has 0 aromatic carbocycles. The maximum absolute atomic E-state index is 10.6. The third-order valence-electron chi connectivity index (χ3n) is 6.12. The molecule has 1 saturated heterocycles. The molecule has 2 aliphatic carbocycles. The highest BCUT2D eigenvalue weighted by Crippen LogP contribution is 2.42. The summed E-state index contributed by atoms with van der Waals surface area (Å²) in [4.78, 5) is 0. The van der Waals surface area contributed by atoms with E-state index < -0.39 is 30.5 Å². The van der Waals surface area contributed by atoms with Gasteiger partial charge >= 0.3 is 0 Å². The van der Waals surface area contributed by atoms with Gasteiger partial charge in [0.2, 0.25) is 0 Å². The summed E-state index contributed by atoms with van der Waals surface area (Å²) in [7, 11) is 3.12. The Kier molecular flexibility index (Phi) is 5.81.